The Bertz CT molecular complexity index is 353. The lowest BCUT2D eigenvalue weighted by Gasteiger charge is -2.26. The van der Waals surface area contributed by atoms with Crippen LogP contribution in [0, 0.1) is 0 Å². The summed E-state index contributed by atoms with van der Waals surface area (Å²) < 4.78 is 10.6. The van der Waals surface area contributed by atoms with Gasteiger partial charge in [-0.2, -0.15) is 0 Å². The molecule has 17 heavy (non-hydrogen) atoms. The van der Waals surface area contributed by atoms with Crippen molar-refractivity contribution < 1.29 is 9.47 Å². The predicted octanol–water partition coefficient (Wildman–Crippen LogP) is 1.75. The molecule has 0 amide bonds. The Morgan fingerprint density at radius 3 is 2.65 bits per heavy atom. The number of nitrogens with one attached hydrogen (secondary N) is 1. The average Bonchev–Trinajstić information content (AvgIpc) is 2.21. The quantitative estimate of drug-likeness (QED) is 0.865. The molecular formula is C13H20N2O2. The van der Waals surface area contributed by atoms with Gasteiger partial charge in [0.25, 0.3) is 0 Å². The number of aromatic nitrogens is 1. The van der Waals surface area contributed by atoms with Crippen LogP contribution in [0.25, 0.3) is 0 Å². The zero-order valence-electron chi connectivity index (χ0n) is 10.7. The van der Waals surface area contributed by atoms with E-state index in [1.165, 1.54) is 0 Å². The van der Waals surface area contributed by atoms with Crippen molar-refractivity contribution in [1.29, 1.82) is 0 Å². The summed E-state index contributed by atoms with van der Waals surface area (Å²) in [5, 5.41) is 3.42. The van der Waals surface area contributed by atoms with Crippen LogP contribution in [0.2, 0.25) is 0 Å². The van der Waals surface area contributed by atoms with E-state index in [4.69, 9.17) is 9.47 Å². The van der Waals surface area contributed by atoms with Crippen molar-refractivity contribution in [2.24, 2.45) is 0 Å². The first-order valence-electron chi connectivity index (χ1n) is 5.97. The Hall–Kier alpha value is -1.13. The number of pyridine rings is 1. The fraction of sp³-hybridized carbons (Fsp3) is 0.615. The molecule has 94 valence electrons. The maximum absolute atomic E-state index is 5.59. The first-order valence-corrected chi connectivity index (χ1v) is 5.97. The first-order chi connectivity index (χ1) is 8.03. The van der Waals surface area contributed by atoms with Gasteiger partial charge in [0.15, 0.2) is 0 Å². The largest absolute Gasteiger partial charge is 0.469 e. The van der Waals surface area contributed by atoms with Crippen LogP contribution in [0.3, 0.4) is 0 Å². The van der Waals surface area contributed by atoms with Crippen LogP contribution < -0.4 is 10.1 Å². The van der Waals surface area contributed by atoms with Crippen LogP contribution in [0.1, 0.15) is 26.3 Å². The van der Waals surface area contributed by atoms with E-state index in [-0.39, 0.29) is 11.6 Å². The first kappa shape index (κ1) is 12.3. The molecular weight excluding hydrogens is 216 g/mol. The lowest BCUT2D eigenvalue weighted by molar-refractivity contribution is -0.0813. The molecule has 1 aromatic heterocycles. The Kier molecular flexibility index (Phi) is 3.64. The van der Waals surface area contributed by atoms with E-state index < -0.39 is 0 Å². The van der Waals surface area contributed by atoms with Crippen LogP contribution in [0.4, 0.5) is 0 Å². The fourth-order valence-corrected chi connectivity index (χ4v) is 1.41. The molecule has 2 heterocycles. The van der Waals surface area contributed by atoms with Crippen molar-refractivity contribution in [3.05, 3.63) is 23.9 Å². The number of nitrogens with zero attached hydrogens (tertiary/aromatic N) is 1. The summed E-state index contributed by atoms with van der Waals surface area (Å²) in [5.41, 5.74) is 1.29. The van der Waals surface area contributed by atoms with E-state index in [0.717, 1.165) is 12.1 Å². The molecule has 1 N–H and O–H groups in total. The normalized spacial score (nSPS) is 16.6. The van der Waals surface area contributed by atoms with Gasteiger partial charge in [-0.3, -0.25) is 0 Å². The van der Waals surface area contributed by atoms with Crippen molar-refractivity contribution in [3.8, 4) is 5.88 Å². The smallest absolute Gasteiger partial charge is 0.213 e. The number of hydrogen-bond donors (Lipinski definition) is 1. The highest BCUT2D eigenvalue weighted by atomic mass is 16.6. The van der Waals surface area contributed by atoms with Gasteiger partial charge in [0.2, 0.25) is 5.88 Å². The van der Waals surface area contributed by atoms with Crippen molar-refractivity contribution in [1.82, 2.24) is 10.3 Å². The fourth-order valence-electron chi connectivity index (χ4n) is 1.41. The third-order valence-corrected chi connectivity index (χ3v) is 2.52. The summed E-state index contributed by atoms with van der Waals surface area (Å²) in [6.45, 7) is 8.62. The molecule has 1 fully saturated rings. The summed E-state index contributed by atoms with van der Waals surface area (Å²) in [6, 6.07) is 3.96. The SMILES string of the molecule is CC(C)(C)NCc1ccc(OC2COC2)nc1. The summed E-state index contributed by atoms with van der Waals surface area (Å²) in [6.07, 6.45) is 2.04. The number of hydrogen-bond acceptors (Lipinski definition) is 4. The van der Waals surface area contributed by atoms with E-state index in [9.17, 15) is 0 Å². The van der Waals surface area contributed by atoms with Gasteiger partial charge in [-0.1, -0.05) is 6.07 Å². The van der Waals surface area contributed by atoms with Crippen molar-refractivity contribution in [2.75, 3.05) is 13.2 Å². The summed E-state index contributed by atoms with van der Waals surface area (Å²) >= 11 is 0. The van der Waals surface area contributed by atoms with Gasteiger partial charge < -0.3 is 14.8 Å². The number of ether oxygens (including phenoxy) is 2. The lowest BCUT2D eigenvalue weighted by Crippen LogP contribution is -2.38. The van der Waals surface area contributed by atoms with Crippen molar-refractivity contribution in [3.63, 3.8) is 0 Å². The lowest BCUT2D eigenvalue weighted by atomic mass is 10.1. The van der Waals surface area contributed by atoms with Gasteiger partial charge in [0.1, 0.15) is 6.10 Å². The Labute approximate surface area is 102 Å². The van der Waals surface area contributed by atoms with E-state index in [2.05, 4.69) is 31.1 Å². The molecule has 0 bridgehead atoms. The third-order valence-electron chi connectivity index (χ3n) is 2.52. The van der Waals surface area contributed by atoms with Crippen LogP contribution in [-0.2, 0) is 11.3 Å². The van der Waals surface area contributed by atoms with Gasteiger partial charge >= 0.3 is 0 Å². The molecule has 4 nitrogen and oxygen atoms in total. The zero-order valence-corrected chi connectivity index (χ0v) is 10.7. The van der Waals surface area contributed by atoms with Gasteiger partial charge in [-0.05, 0) is 26.3 Å². The minimum atomic E-state index is 0.123. The molecule has 0 spiro atoms. The second-order valence-corrected chi connectivity index (χ2v) is 5.39. The topological polar surface area (TPSA) is 43.4 Å². The summed E-state index contributed by atoms with van der Waals surface area (Å²) in [5.74, 6) is 0.679. The molecule has 1 saturated heterocycles. The third kappa shape index (κ3) is 3.98. The second kappa shape index (κ2) is 5.02. The minimum absolute atomic E-state index is 0.123. The Balaban J connectivity index is 1.84. The summed E-state index contributed by atoms with van der Waals surface area (Å²) in [7, 11) is 0. The van der Waals surface area contributed by atoms with Crippen LogP contribution >= 0.6 is 0 Å². The summed E-state index contributed by atoms with van der Waals surface area (Å²) in [4.78, 5) is 4.28. The van der Waals surface area contributed by atoms with Crippen LogP contribution in [0.5, 0.6) is 5.88 Å². The molecule has 0 unspecified atom stereocenters. The Morgan fingerprint density at radius 2 is 2.18 bits per heavy atom. The van der Waals surface area contributed by atoms with Crippen LogP contribution in [0.15, 0.2) is 18.3 Å². The van der Waals surface area contributed by atoms with Gasteiger partial charge in [-0.15, -0.1) is 0 Å². The molecule has 0 saturated carbocycles. The highest BCUT2D eigenvalue weighted by molar-refractivity contribution is 5.18. The van der Waals surface area contributed by atoms with Crippen molar-refractivity contribution >= 4 is 0 Å². The van der Waals surface area contributed by atoms with E-state index in [0.29, 0.717) is 19.1 Å². The number of rotatable bonds is 4. The van der Waals surface area contributed by atoms with Gasteiger partial charge in [-0.25, -0.2) is 4.98 Å². The molecule has 0 aliphatic carbocycles. The molecule has 1 aliphatic rings. The zero-order chi connectivity index (χ0) is 12.3. The van der Waals surface area contributed by atoms with Crippen molar-refractivity contribution in [2.45, 2.75) is 39.0 Å². The van der Waals surface area contributed by atoms with E-state index in [1.807, 2.05) is 18.3 Å². The molecule has 1 aromatic rings. The molecule has 0 atom stereocenters. The van der Waals surface area contributed by atoms with E-state index >= 15 is 0 Å². The molecule has 4 heteroatoms. The molecule has 2 rings (SSSR count). The maximum Gasteiger partial charge on any atom is 0.213 e. The molecule has 0 aromatic carbocycles. The molecule has 0 radical (unpaired) electrons. The standard InChI is InChI=1S/C13H20N2O2/c1-13(2,3)15-7-10-4-5-12(14-6-10)17-11-8-16-9-11/h4-6,11,15H,7-9H2,1-3H3. The van der Waals surface area contributed by atoms with Gasteiger partial charge in [0, 0.05) is 24.3 Å². The monoisotopic (exact) mass is 236 g/mol. The maximum atomic E-state index is 5.59. The minimum Gasteiger partial charge on any atom is -0.469 e. The second-order valence-electron chi connectivity index (χ2n) is 5.39. The highest BCUT2D eigenvalue weighted by Crippen LogP contribution is 2.14. The highest BCUT2D eigenvalue weighted by Gasteiger charge is 2.20. The Morgan fingerprint density at radius 1 is 1.41 bits per heavy atom. The van der Waals surface area contributed by atoms with E-state index in [1.54, 1.807) is 0 Å². The van der Waals surface area contributed by atoms with Crippen LogP contribution in [-0.4, -0.2) is 29.8 Å². The van der Waals surface area contributed by atoms with Gasteiger partial charge in [0.05, 0.1) is 13.2 Å². The average molecular weight is 236 g/mol. The predicted molar refractivity (Wildman–Crippen MR) is 66.1 cm³/mol. The molecule has 1 aliphatic heterocycles.